The monoisotopic (exact) mass is 337 g/mol. The molecule has 0 aliphatic rings. The molecular formula is C15H23N5O2S. The number of hydrogen-bond acceptors (Lipinski definition) is 5. The predicted octanol–water partition coefficient (Wildman–Crippen LogP) is 0.787. The smallest absolute Gasteiger partial charge is 0.262 e. The number of rotatable bonds is 7. The lowest BCUT2D eigenvalue weighted by Crippen LogP contribution is -2.45. The van der Waals surface area contributed by atoms with Crippen molar-refractivity contribution in [3.05, 3.63) is 16.6 Å². The minimum absolute atomic E-state index is 0.173. The maximum Gasteiger partial charge on any atom is 0.262 e. The van der Waals surface area contributed by atoms with Gasteiger partial charge in [-0.15, -0.1) is 11.3 Å². The third kappa shape index (κ3) is 4.08. The third-order valence-corrected chi connectivity index (χ3v) is 4.76. The second-order valence-corrected chi connectivity index (χ2v) is 6.51. The van der Waals surface area contributed by atoms with Crippen LogP contribution in [0.5, 0.6) is 0 Å². The van der Waals surface area contributed by atoms with Crippen LogP contribution in [0.4, 0.5) is 0 Å². The van der Waals surface area contributed by atoms with Gasteiger partial charge in [0.25, 0.3) is 5.91 Å². The van der Waals surface area contributed by atoms with Gasteiger partial charge in [0, 0.05) is 19.0 Å². The highest BCUT2D eigenvalue weighted by Gasteiger charge is 2.19. The first-order chi connectivity index (χ1) is 10.9. The van der Waals surface area contributed by atoms with E-state index in [1.54, 1.807) is 11.6 Å². The number of aromatic nitrogens is 2. The number of nitrogens with one attached hydrogen (secondary N) is 3. The molecule has 0 bridgehead atoms. The van der Waals surface area contributed by atoms with Crippen LogP contribution in [0.15, 0.2) is 6.07 Å². The molecule has 0 saturated carbocycles. The molecule has 2 rings (SSSR count). The molecule has 2 aromatic rings. The molecule has 0 radical (unpaired) electrons. The van der Waals surface area contributed by atoms with E-state index in [1.807, 2.05) is 27.1 Å². The second-order valence-electron chi connectivity index (χ2n) is 5.48. The SMILES string of the molecule is CNCCCNC(=O)C(C)NC(=O)c1cc2c(C)nn(C)c2s1. The van der Waals surface area contributed by atoms with Crippen molar-refractivity contribution < 1.29 is 9.59 Å². The third-order valence-electron chi connectivity index (χ3n) is 3.56. The first-order valence-electron chi connectivity index (χ1n) is 7.60. The number of carbonyl (C=O) groups excluding carboxylic acids is 2. The Morgan fingerprint density at radius 3 is 2.78 bits per heavy atom. The molecule has 3 N–H and O–H groups in total. The molecule has 1 unspecified atom stereocenters. The number of nitrogens with zero attached hydrogens (tertiary/aromatic N) is 2. The molecular weight excluding hydrogens is 314 g/mol. The summed E-state index contributed by atoms with van der Waals surface area (Å²) in [5.74, 6) is -0.406. The van der Waals surface area contributed by atoms with Crippen LogP contribution >= 0.6 is 11.3 Å². The second kappa shape index (κ2) is 7.56. The molecule has 1 atom stereocenters. The van der Waals surface area contributed by atoms with Crippen molar-refractivity contribution in [2.24, 2.45) is 7.05 Å². The highest BCUT2D eigenvalue weighted by Crippen LogP contribution is 2.27. The topological polar surface area (TPSA) is 88.0 Å². The first kappa shape index (κ1) is 17.4. The summed E-state index contributed by atoms with van der Waals surface area (Å²) < 4.78 is 1.77. The van der Waals surface area contributed by atoms with E-state index in [0.29, 0.717) is 11.4 Å². The maximum atomic E-state index is 12.3. The van der Waals surface area contributed by atoms with Gasteiger partial charge in [-0.3, -0.25) is 14.3 Å². The summed E-state index contributed by atoms with van der Waals surface area (Å²) >= 11 is 1.38. The van der Waals surface area contributed by atoms with Crippen LogP contribution < -0.4 is 16.0 Å². The number of amides is 2. The van der Waals surface area contributed by atoms with Crippen LogP contribution in [-0.4, -0.2) is 47.8 Å². The van der Waals surface area contributed by atoms with Gasteiger partial charge in [0.1, 0.15) is 10.9 Å². The van der Waals surface area contributed by atoms with E-state index in [1.165, 1.54) is 11.3 Å². The molecule has 2 amide bonds. The van der Waals surface area contributed by atoms with E-state index in [9.17, 15) is 9.59 Å². The molecule has 2 aromatic heterocycles. The molecule has 8 heteroatoms. The number of hydrogen-bond donors (Lipinski definition) is 3. The zero-order valence-electron chi connectivity index (χ0n) is 13.9. The van der Waals surface area contributed by atoms with Gasteiger partial charge in [0.15, 0.2) is 0 Å². The fraction of sp³-hybridized carbons (Fsp3) is 0.533. The Bertz CT molecular complexity index is 672. The summed E-state index contributed by atoms with van der Waals surface area (Å²) in [4.78, 5) is 25.8. The molecule has 0 aliphatic carbocycles. The van der Waals surface area contributed by atoms with Crippen LogP contribution in [0.25, 0.3) is 10.2 Å². The van der Waals surface area contributed by atoms with Crippen molar-refractivity contribution in [3.8, 4) is 0 Å². The standard InChI is InChI=1S/C15H23N5O2S/c1-9-11-8-12(23-15(11)20(4)19-9)14(22)18-10(2)13(21)17-7-5-6-16-3/h8,10,16H,5-7H2,1-4H3,(H,17,21)(H,18,22). The molecule has 0 aromatic carbocycles. The van der Waals surface area contributed by atoms with Crippen molar-refractivity contribution in [1.29, 1.82) is 0 Å². The fourth-order valence-corrected chi connectivity index (χ4v) is 3.31. The van der Waals surface area contributed by atoms with Gasteiger partial charge in [0.05, 0.1) is 10.6 Å². The van der Waals surface area contributed by atoms with Crippen molar-refractivity contribution in [2.75, 3.05) is 20.1 Å². The lowest BCUT2D eigenvalue weighted by molar-refractivity contribution is -0.122. The van der Waals surface area contributed by atoms with Crippen LogP contribution in [0.3, 0.4) is 0 Å². The highest BCUT2D eigenvalue weighted by atomic mass is 32.1. The molecule has 7 nitrogen and oxygen atoms in total. The van der Waals surface area contributed by atoms with Crippen molar-refractivity contribution in [1.82, 2.24) is 25.7 Å². The largest absolute Gasteiger partial charge is 0.354 e. The predicted molar refractivity (Wildman–Crippen MR) is 91.8 cm³/mol. The Morgan fingerprint density at radius 1 is 1.39 bits per heavy atom. The number of fused-ring (bicyclic) bond motifs is 1. The minimum atomic E-state index is -0.568. The average molecular weight is 337 g/mol. The van der Waals surface area contributed by atoms with Gasteiger partial charge in [-0.05, 0) is 39.9 Å². The van der Waals surface area contributed by atoms with Crippen LogP contribution in [0, 0.1) is 6.92 Å². The molecule has 0 saturated heterocycles. The van der Waals surface area contributed by atoms with Gasteiger partial charge >= 0.3 is 0 Å². The minimum Gasteiger partial charge on any atom is -0.354 e. The Kier molecular flexibility index (Phi) is 5.73. The van der Waals surface area contributed by atoms with Crippen LogP contribution in [0.1, 0.15) is 28.7 Å². The highest BCUT2D eigenvalue weighted by molar-refractivity contribution is 7.20. The van der Waals surface area contributed by atoms with E-state index in [-0.39, 0.29) is 11.8 Å². The Hall–Kier alpha value is -1.93. The van der Waals surface area contributed by atoms with Gasteiger partial charge in [-0.1, -0.05) is 0 Å². The molecule has 2 heterocycles. The van der Waals surface area contributed by atoms with Gasteiger partial charge in [-0.25, -0.2) is 0 Å². The quantitative estimate of drug-likeness (QED) is 0.652. The fourth-order valence-electron chi connectivity index (χ4n) is 2.28. The maximum absolute atomic E-state index is 12.3. The van der Waals surface area contributed by atoms with E-state index in [0.717, 1.165) is 28.9 Å². The summed E-state index contributed by atoms with van der Waals surface area (Å²) in [6.07, 6.45) is 0.853. The van der Waals surface area contributed by atoms with Crippen LogP contribution in [0.2, 0.25) is 0 Å². The molecule has 0 aliphatic heterocycles. The lowest BCUT2D eigenvalue weighted by atomic mass is 10.2. The van der Waals surface area contributed by atoms with Crippen LogP contribution in [-0.2, 0) is 11.8 Å². The van der Waals surface area contributed by atoms with E-state index in [4.69, 9.17) is 0 Å². The van der Waals surface area contributed by atoms with E-state index in [2.05, 4.69) is 21.0 Å². The van der Waals surface area contributed by atoms with Gasteiger partial charge in [0.2, 0.25) is 5.91 Å². The number of carbonyl (C=O) groups is 2. The summed E-state index contributed by atoms with van der Waals surface area (Å²) in [6.45, 7) is 5.03. The van der Waals surface area contributed by atoms with Gasteiger partial charge < -0.3 is 16.0 Å². The van der Waals surface area contributed by atoms with Gasteiger partial charge in [-0.2, -0.15) is 5.10 Å². The molecule has 23 heavy (non-hydrogen) atoms. The normalized spacial score (nSPS) is 12.3. The van der Waals surface area contributed by atoms with Crippen molar-refractivity contribution in [3.63, 3.8) is 0 Å². The zero-order valence-corrected chi connectivity index (χ0v) is 14.7. The summed E-state index contributed by atoms with van der Waals surface area (Å²) in [5.41, 5.74) is 0.896. The summed E-state index contributed by atoms with van der Waals surface area (Å²) in [7, 11) is 3.72. The van der Waals surface area contributed by atoms with E-state index < -0.39 is 6.04 Å². The lowest BCUT2D eigenvalue weighted by Gasteiger charge is -2.13. The number of aryl methyl sites for hydroxylation is 2. The molecule has 126 valence electrons. The average Bonchev–Trinajstić information content (AvgIpc) is 3.06. The Morgan fingerprint density at radius 2 is 2.13 bits per heavy atom. The Labute approximate surface area is 139 Å². The van der Waals surface area contributed by atoms with Crippen molar-refractivity contribution in [2.45, 2.75) is 26.3 Å². The molecule has 0 fully saturated rings. The summed E-state index contributed by atoms with van der Waals surface area (Å²) in [5, 5.41) is 13.9. The number of thiophene rings is 1. The molecule has 0 spiro atoms. The van der Waals surface area contributed by atoms with Crippen molar-refractivity contribution >= 4 is 33.4 Å². The Balaban J connectivity index is 1.94. The summed E-state index contributed by atoms with van der Waals surface area (Å²) in [6, 6.07) is 1.26. The van der Waals surface area contributed by atoms with E-state index >= 15 is 0 Å². The zero-order chi connectivity index (χ0) is 17.0. The first-order valence-corrected chi connectivity index (χ1v) is 8.42.